The molecule has 2 atom stereocenters. The van der Waals surface area contributed by atoms with Crippen LogP contribution in [0.2, 0.25) is 0 Å². The Bertz CT molecular complexity index is 1320. The van der Waals surface area contributed by atoms with Crippen LogP contribution < -0.4 is 9.80 Å². The highest BCUT2D eigenvalue weighted by Gasteiger charge is 2.30. The summed E-state index contributed by atoms with van der Waals surface area (Å²) in [6.45, 7) is 2.17. The van der Waals surface area contributed by atoms with Crippen LogP contribution in [0.5, 0.6) is 0 Å². The minimum atomic E-state index is -0.432. The molecule has 0 amide bonds. The van der Waals surface area contributed by atoms with Crippen molar-refractivity contribution in [3.8, 4) is 0 Å². The fraction of sp³-hybridized carbons (Fsp3) is 0.333. The number of benzene rings is 2. The van der Waals surface area contributed by atoms with Gasteiger partial charge in [0.2, 0.25) is 0 Å². The molecule has 32 heavy (non-hydrogen) atoms. The van der Waals surface area contributed by atoms with Gasteiger partial charge in [-0.1, -0.05) is 0 Å². The fourth-order valence-corrected chi connectivity index (χ4v) is 5.04. The molecule has 0 saturated carbocycles. The first-order chi connectivity index (χ1) is 15.6. The van der Waals surface area contributed by atoms with Crippen LogP contribution in [-0.4, -0.2) is 45.4 Å². The van der Waals surface area contributed by atoms with Gasteiger partial charge in [0.1, 0.15) is 17.5 Å². The second kappa shape index (κ2) is 7.41. The van der Waals surface area contributed by atoms with Crippen LogP contribution >= 0.6 is 0 Å². The van der Waals surface area contributed by atoms with Gasteiger partial charge in [0.05, 0.1) is 17.7 Å². The third-order valence-electron chi connectivity index (χ3n) is 6.63. The molecule has 0 spiro atoms. The van der Waals surface area contributed by atoms with Crippen molar-refractivity contribution in [1.82, 2.24) is 14.6 Å². The lowest BCUT2D eigenvalue weighted by molar-refractivity contribution is 0.198. The van der Waals surface area contributed by atoms with Crippen LogP contribution in [0.25, 0.3) is 16.6 Å². The summed E-state index contributed by atoms with van der Waals surface area (Å²) in [4.78, 5) is 9.12. The van der Waals surface area contributed by atoms with Crippen LogP contribution in [0.1, 0.15) is 30.9 Å². The van der Waals surface area contributed by atoms with Gasteiger partial charge in [0.15, 0.2) is 5.65 Å². The standard InChI is InChI=1S/C24H23F2N5O/c25-15-3-5-20(26)18(12-15)22-2-1-9-30(22)23-8-11-31-24(27-23)19-13-16(4-6-21(19)28-31)29-10-7-17(32)14-29/h3-6,8,11-13,17,22,32H,1-2,7,9-10,14H2/t17-,22+/m0/s1. The molecule has 2 saturated heterocycles. The molecule has 0 radical (unpaired) electrons. The van der Waals surface area contributed by atoms with Crippen molar-refractivity contribution < 1.29 is 13.9 Å². The van der Waals surface area contributed by atoms with Gasteiger partial charge in [-0.15, -0.1) is 0 Å². The van der Waals surface area contributed by atoms with Crippen molar-refractivity contribution >= 4 is 28.1 Å². The van der Waals surface area contributed by atoms with Gasteiger partial charge in [-0.2, -0.15) is 5.10 Å². The van der Waals surface area contributed by atoms with Crippen molar-refractivity contribution in [3.05, 3.63) is 65.9 Å². The minimum absolute atomic E-state index is 0.253. The summed E-state index contributed by atoms with van der Waals surface area (Å²) in [5, 5.41) is 15.4. The molecule has 4 aromatic rings. The lowest BCUT2D eigenvalue weighted by Gasteiger charge is -2.26. The SMILES string of the molecule is O[C@H]1CCN(c2ccc3nn4ccc(N5CCC[C@@H]5c5cc(F)ccc5F)nc4c3c2)C1. The minimum Gasteiger partial charge on any atom is -0.391 e. The Labute approximate surface area is 183 Å². The Hall–Kier alpha value is -3.26. The number of β-amino-alcohol motifs (C(OH)–C–C–N with tert-alkyl or cyclic N) is 1. The summed E-state index contributed by atoms with van der Waals surface area (Å²) in [6.07, 6.45) is 3.97. The van der Waals surface area contributed by atoms with Crippen molar-refractivity contribution in [2.24, 2.45) is 0 Å². The van der Waals surface area contributed by atoms with Crippen LogP contribution in [-0.2, 0) is 0 Å². The first-order valence-electron chi connectivity index (χ1n) is 11.0. The molecule has 164 valence electrons. The average Bonchev–Trinajstić information content (AvgIpc) is 3.52. The molecular formula is C24H23F2N5O. The van der Waals surface area contributed by atoms with E-state index >= 15 is 0 Å². The molecule has 2 aromatic heterocycles. The molecule has 2 aromatic carbocycles. The zero-order valence-electron chi connectivity index (χ0n) is 17.5. The third-order valence-corrected chi connectivity index (χ3v) is 6.63. The maximum absolute atomic E-state index is 14.5. The second-order valence-corrected chi connectivity index (χ2v) is 8.66. The Kier molecular flexibility index (Phi) is 4.50. The van der Waals surface area contributed by atoms with E-state index in [4.69, 9.17) is 4.98 Å². The number of nitrogens with zero attached hydrogens (tertiary/aromatic N) is 5. The van der Waals surface area contributed by atoms with Gasteiger partial charge in [0, 0.05) is 42.5 Å². The van der Waals surface area contributed by atoms with Crippen molar-refractivity contribution in [2.75, 3.05) is 29.4 Å². The number of hydrogen-bond acceptors (Lipinski definition) is 5. The van der Waals surface area contributed by atoms with Crippen LogP contribution in [0.4, 0.5) is 20.3 Å². The number of rotatable bonds is 3. The number of hydrogen-bond donors (Lipinski definition) is 1. The maximum Gasteiger partial charge on any atom is 0.165 e. The zero-order valence-corrected chi connectivity index (χ0v) is 17.5. The third kappa shape index (κ3) is 3.17. The first kappa shape index (κ1) is 19.4. The molecular weight excluding hydrogens is 412 g/mol. The fourth-order valence-electron chi connectivity index (χ4n) is 5.04. The Morgan fingerprint density at radius 2 is 1.91 bits per heavy atom. The zero-order chi connectivity index (χ0) is 21.8. The monoisotopic (exact) mass is 435 g/mol. The molecule has 2 aliphatic rings. The van der Waals surface area contributed by atoms with Crippen LogP contribution in [0.15, 0.2) is 48.7 Å². The van der Waals surface area contributed by atoms with E-state index < -0.39 is 11.6 Å². The Morgan fingerprint density at radius 3 is 2.75 bits per heavy atom. The van der Waals surface area contributed by atoms with E-state index in [1.807, 2.05) is 24.4 Å². The van der Waals surface area contributed by atoms with Crippen LogP contribution in [0.3, 0.4) is 0 Å². The lowest BCUT2D eigenvalue weighted by Crippen LogP contribution is -2.24. The molecule has 1 N–H and O–H groups in total. The van der Waals surface area contributed by atoms with E-state index in [-0.39, 0.29) is 12.1 Å². The van der Waals surface area contributed by atoms with Crippen molar-refractivity contribution in [1.29, 1.82) is 0 Å². The van der Waals surface area contributed by atoms with Gasteiger partial charge in [-0.05, 0) is 61.7 Å². The summed E-state index contributed by atoms with van der Waals surface area (Å²) < 4.78 is 30.1. The predicted molar refractivity (Wildman–Crippen MR) is 119 cm³/mol. The highest BCUT2D eigenvalue weighted by Crippen LogP contribution is 2.37. The Balaban J connectivity index is 1.41. The van der Waals surface area contributed by atoms with E-state index in [2.05, 4.69) is 21.0 Å². The smallest absolute Gasteiger partial charge is 0.165 e. The number of aromatic nitrogens is 3. The lowest BCUT2D eigenvalue weighted by atomic mass is 10.0. The highest BCUT2D eigenvalue weighted by atomic mass is 19.1. The van der Waals surface area contributed by atoms with E-state index in [0.29, 0.717) is 12.1 Å². The molecule has 6 nitrogen and oxygen atoms in total. The predicted octanol–water partition coefficient (Wildman–Crippen LogP) is 4.07. The molecule has 0 unspecified atom stereocenters. The van der Waals surface area contributed by atoms with Crippen molar-refractivity contribution in [3.63, 3.8) is 0 Å². The molecule has 0 bridgehead atoms. The van der Waals surface area contributed by atoms with Gasteiger partial charge >= 0.3 is 0 Å². The normalized spacial score (nSPS) is 21.3. The Morgan fingerprint density at radius 1 is 1.00 bits per heavy atom. The highest BCUT2D eigenvalue weighted by molar-refractivity contribution is 5.94. The quantitative estimate of drug-likeness (QED) is 0.526. The number of fused-ring (bicyclic) bond motifs is 3. The van der Waals surface area contributed by atoms with Gasteiger partial charge in [-0.25, -0.2) is 18.3 Å². The van der Waals surface area contributed by atoms with E-state index in [1.54, 1.807) is 4.52 Å². The largest absolute Gasteiger partial charge is 0.391 e. The van der Waals surface area contributed by atoms with E-state index in [9.17, 15) is 13.9 Å². The summed E-state index contributed by atoms with van der Waals surface area (Å²) in [6, 6.07) is 11.3. The summed E-state index contributed by atoms with van der Waals surface area (Å²) in [5.74, 6) is -0.0953. The molecule has 8 heteroatoms. The van der Waals surface area contributed by atoms with Crippen molar-refractivity contribution in [2.45, 2.75) is 31.4 Å². The molecule has 2 fully saturated rings. The van der Waals surface area contributed by atoms with Gasteiger partial charge < -0.3 is 14.9 Å². The number of aliphatic hydroxyl groups excluding tert-OH is 1. The molecule has 4 heterocycles. The molecule has 0 aliphatic carbocycles. The van der Waals surface area contributed by atoms with Gasteiger partial charge in [0.25, 0.3) is 0 Å². The summed E-state index contributed by atoms with van der Waals surface area (Å²) in [7, 11) is 0. The topological polar surface area (TPSA) is 56.9 Å². The molecule has 2 aliphatic heterocycles. The summed E-state index contributed by atoms with van der Waals surface area (Å²) >= 11 is 0. The number of halogens is 2. The van der Waals surface area contributed by atoms with Gasteiger partial charge in [-0.3, -0.25) is 0 Å². The number of anilines is 2. The maximum atomic E-state index is 14.5. The van der Waals surface area contributed by atoms with E-state index in [0.717, 1.165) is 66.5 Å². The molecule has 6 rings (SSSR count). The average molecular weight is 435 g/mol. The number of aliphatic hydroxyl groups is 1. The van der Waals surface area contributed by atoms with E-state index in [1.165, 1.54) is 12.1 Å². The second-order valence-electron chi connectivity index (χ2n) is 8.66. The first-order valence-corrected chi connectivity index (χ1v) is 11.0. The summed E-state index contributed by atoms with van der Waals surface area (Å²) in [5.41, 5.74) is 2.98. The van der Waals surface area contributed by atoms with Crippen LogP contribution in [0, 0.1) is 11.6 Å².